The highest BCUT2D eigenvalue weighted by molar-refractivity contribution is 7.12. The largest absolute Gasteiger partial charge is 0.288 e. The minimum atomic E-state index is -1.08. The van der Waals surface area contributed by atoms with Crippen molar-refractivity contribution in [3.05, 3.63) is 57.3 Å². The maximum atomic E-state index is 13.4. The Morgan fingerprint density at radius 1 is 1.25 bits per heavy atom. The summed E-state index contributed by atoms with van der Waals surface area (Å²) in [7, 11) is 0. The van der Waals surface area contributed by atoms with Gasteiger partial charge < -0.3 is 0 Å². The van der Waals surface area contributed by atoms with Crippen LogP contribution < -0.4 is 0 Å². The Hall–Kier alpha value is -1.55. The van der Waals surface area contributed by atoms with Gasteiger partial charge in [0.2, 0.25) is 5.78 Å². The normalized spacial score (nSPS) is 10.4. The van der Waals surface area contributed by atoms with Crippen molar-refractivity contribution in [2.75, 3.05) is 0 Å². The van der Waals surface area contributed by atoms with E-state index in [0.717, 1.165) is 11.6 Å². The lowest BCUT2D eigenvalue weighted by atomic mass is 10.1. The second-order valence-electron chi connectivity index (χ2n) is 3.36. The summed E-state index contributed by atoms with van der Waals surface area (Å²) in [5.41, 5.74) is 0.559. The van der Waals surface area contributed by atoms with Crippen LogP contribution in [0.15, 0.2) is 29.6 Å². The number of halogens is 2. The molecule has 0 aliphatic rings. The molecule has 1 heterocycles. The minimum absolute atomic E-state index is 0.217. The van der Waals surface area contributed by atoms with E-state index in [1.54, 1.807) is 18.4 Å². The lowest BCUT2D eigenvalue weighted by Crippen LogP contribution is -2.05. The Morgan fingerprint density at radius 2 is 2.00 bits per heavy atom. The fourth-order valence-electron chi connectivity index (χ4n) is 1.41. The molecule has 16 heavy (non-hydrogen) atoms. The van der Waals surface area contributed by atoms with Gasteiger partial charge in [-0.05, 0) is 36.1 Å². The highest BCUT2D eigenvalue weighted by Crippen LogP contribution is 2.22. The minimum Gasteiger partial charge on any atom is -0.288 e. The first-order valence-electron chi connectivity index (χ1n) is 4.64. The molecule has 0 aliphatic carbocycles. The van der Waals surface area contributed by atoms with Crippen molar-refractivity contribution in [2.24, 2.45) is 0 Å². The van der Waals surface area contributed by atoms with Crippen LogP contribution in [0.25, 0.3) is 0 Å². The van der Waals surface area contributed by atoms with E-state index in [1.807, 2.05) is 0 Å². The molecular formula is C12H8F2OS. The molecule has 0 radical (unpaired) electrons. The molecule has 4 heteroatoms. The number of hydrogen-bond donors (Lipinski definition) is 0. The summed E-state index contributed by atoms with van der Waals surface area (Å²) in [5.74, 6) is -2.55. The molecule has 0 saturated carbocycles. The first-order chi connectivity index (χ1) is 7.61. The van der Waals surface area contributed by atoms with Crippen molar-refractivity contribution in [3.8, 4) is 0 Å². The lowest BCUT2D eigenvalue weighted by Gasteiger charge is -2.02. The average molecular weight is 238 g/mol. The maximum Gasteiger partial charge on any atom is 0.206 e. The van der Waals surface area contributed by atoms with Gasteiger partial charge in [0.05, 0.1) is 10.4 Å². The topological polar surface area (TPSA) is 17.1 Å². The number of thiophene rings is 1. The predicted octanol–water partition coefficient (Wildman–Crippen LogP) is 3.57. The number of carbonyl (C=O) groups is 1. The molecule has 0 bridgehead atoms. The lowest BCUT2D eigenvalue weighted by molar-refractivity contribution is 0.103. The van der Waals surface area contributed by atoms with E-state index < -0.39 is 17.4 Å². The second kappa shape index (κ2) is 4.14. The number of aryl methyl sites for hydroxylation is 1. The Kier molecular flexibility index (Phi) is 2.83. The zero-order chi connectivity index (χ0) is 11.7. The molecule has 1 aromatic heterocycles. The van der Waals surface area contributed by atoms with Crippen molar-refractivity contribution in [1.82, 2.24) is 0 Å². The molecule has 2 rings (SSSR count). The number of ketones is 1. The molecule has 0 spiro atoms. The van der Waals surface area contributed by atoms with E-state index >= 15 is 0 Å². The monoisotopic (exact) mass is 238 g/mol. The standard InChI is InChI=1S/C12H8F2OS/c1-7-5-6-16-12(7)11(15)8-3-2-4-9(13)10(8)14/h2-6H,1H3. The van der Waals surface area contributed by atoms with Crippen molar-refractivity contribution in [3.63, 3.8) is 0 Å². The number of hydrogen-bond acceptors (Lipinski definition) is 2. The van der Waals surface area contributed by atoms with Crippen LogP contribution in [0.5, 0.6) is 0 Å². The third-order valence-electron chi connectivity index (χ3n) is 2.26. The van der Waals surface area contributed by atoms with Gasteiger partial charge in [0, 0.05) is 0 Å². The van der Waals surface area contributed by atoms with Crippen LogP contribution in [0.2, 0.25) is 0 Å². The molecule has 0 atom stereocenters. The van der Waals surface area contributed by atoms with Gasteiger partial charge >= 0.3 is 0 Å². The van der Waals surface area contributed by atoms with Gasteiger partial charge in [0.25, 0.3) is 0 Å². The van der Waals surface area contributed by atoms with Crippen LogP contribution in [0, 0.1) is 18.6 Å². The molecule has 0 amide bonds. The quantitative estimate of drug-likeness (QED) is 0.731. The predicted molar refractivity (Wildman–Crippen MR) is 58.8 cm³/mol. The molecule has 2 aromatic rings. The summed E-state index contributed by atoms with van der Waals surface area (Å²) in [6.45, 7) is 1.76. The molecule has 82 valence electrons. The Balaban J connectivity index is 2.50. The Labute approximate surface area is 95.4 Å². The van der Waals surface area contributed by atoms with Gasteiger partial charge in [-0.25, -0.2) is 8.78 Å². The highest BCUT2D eigenvalue weighted by atomic mass is 32.1. The summed E-state index contributed by atoms with van der Waals surface area (Å²) in [4.78, 5) is 12.4. The molecule has 0 fully saturated rings. The van der Waals surface area contributed by atoms with Crippen molar-refractivity contribution < 1.29 is 13.6 Å². The SMILES string of the molecule is Cc1ccsc1C(=O)c1cccc(F)c1F. The van der Waals surface area contributed by atoms with Crippen LogP contribution in [-0.2, 0) is 0 Å². The van der Waals surface area contributed by atoms with E-state index in [0.29, 0.717) is 4.88 Å². The van der Waals surface area contributed by atoms with Gasteiger partial charge in [-0.1, -0.05) is 6.07 Å². The molecule has 1 nitrogen and oxygen atoms in total. The van der Waals surface area contributed by atoms with Crippen LogP contribution in [0.1, 0.15) is 20.8 Å². The summed E-state index contributed by atoms with van der Waals surface area (Å²) in [6, 6.07) is 5.39. The van der Waals surface area contributed by atoms with E-state index in [1.165, 1.54) is 23.5 Å². The fraction of sp³-hybridized carbons (Fsp3) is 0.0833. The molecular weight excluding hydrogens is 230 g/mol. The summed E-state index contributed by atoms with van der Waals surface area (Å²) < 4.78 is 26.3. The first-order valence-corrected chi connectivity index (χ1v) is 5.52. The van der Waals surface area contributed by atoms with Crippen molar-refractivity contribution in [2.45, 2.75) is 6.92 Å². The van der Waals surface area contributed by atoms with E-state index in [-0.39, 0.29) is 5.56 Å². The number of benzene rings is 1. The maximum absolute atomic E-state index is 13.4. The van der Waals surface area contributed by atoms with Crippen LogP contribution in [0.3, 0.4) is 0 Å². The second-order valence-corrected chi connectivity index (χ2v) is 4.28. The van der Waals surface area contributed by atoms with Crippen LogP contribution >= 0.6 is 11.3 Å². The molecule has 0 unspecified atom stereocenters. The van der Waals surface area contributed by atoms with Crippen LogP contribution in [-0.4, -0.2) is 5.78 Å². The van der Waals surface area contributed by atoms with E-state index in [9.17, 15) is 13.6 Å². The first kappa shape index (κ1) is 11.0. The smallest absolute Gasteiger partial charge is 0.206 e. The number of rotatable bonds is 2. The van der Waals surface area contributed by atoms with Crippen molar-refractivity contribution >= 4 is 17.1 Å². The fourth-order valence-corrected chi connectivity index (χ4v) is 2.29. The molecule has 0 saturated heterocycles. The van der Waals surface area contributed by atoms with Gasteiger partial charge in [-0.2, -0.15) is 0 Å². The Bertz CT molecular complexity index is 546. The average Bonchev–Trinajstić information content (AvgIpc) is 2.68. The zero-order valence-electron chi connectivity index (χ0n) is 8.46. The molecule has 0 N–H and O–H groups in total. The summed E-state index contributed by atoms with van der Waals surface area (Å²) >= 11 is 1.23. The summed E-state index contributed by atoms with van der Waals surface area (Å²) in [5, 5.41) is 1.75. The van der Waals surface area contributed by atoms with Gasteiger partial charge in [-0.3, -0.25) is 4.79 Å². The Morgan fingerprint density at radius 3 is 2.62 bits per heavy atom. The molecule has 1 aromatic carbocycles. The van der Waals surface area contributed by atoms with Crippen molar-refractivity contribution in [1.29, 1.82) is 0 Å². The van der Waals surface area contributed by atoms with E-state index in [4.69, 9.17) is 0 Å². The van der Waals surface area contributed by atoms with E-state index in [2.05, 4.69) is 0 Å². The summed E-state index contributed by atoms with van der Waals surface area (Å²) in [6.07, 6.45) is 0. The van der Waals surface area contributed by atoms with Gasteiger partial charge in [0.1, 0.15) is 0 Å². The van der Waals surface area contributed by atoms with Crippen LogP contribution in [0.4, 0.5) is 8.78 Å². The van der Waals surface area contributed by atoms with Gasteiger partial charge in [0.15, 0.2) is 11.6 Å². The highest BCUT2D eigenvalue weighted by Gasteiger charge is 2.18. The third-order valence-corrected chi connectivity index (χ3v) is 3.28. The number of carbonyl (C=O) groups excluding carboxylic acids is 1. The molecule has 0 aliphatic heterocycles. The zero-order valence-corrected chi connectivity index (χ0v) is 9.28. The van der Waals surface area contributed by atoms with Gasteiger partial charge in [-0.15, -0.1) is 11.3 Å². The third kappa shape index (κ3) is 1.76.